The van der Waals surface area contributed by atoms with Crippen LogP contribution in [0.1, 0.15) is 37.7 Å². The molecule has 2 saturated heterocycles. The molecule has 2 unspecified atom stereocenters. The number of carbonyl (C=O) groups is 2. The molecule has 0 saturated carbocycles. The van der Waals surface area contributed by atoms with E-state index in [2.05, 4.69) is 26.7 Å². The molecule has 0 spiro atoms. The lowest BCUT2D eigenvalue weighted by Gasteiger charge is -2.37. The number of methoxy groups -OCH3 is 1. The minimum atomic E-state index is -0.595. The Bertz CT molecular complexity index is 1190. The number of ether oxygens (including phenoxy) is 1. The number of hydrogen-bond acceptors (Lipinski definition) is 5. The Kier molecular flexibility index (Phi) is 5.85. The molecular weight excluding hydrogens is 442 g/mol. The van der Waals surface area contributed by atoms with Crippen molar-refractivity contribution in [3.05, 3.63) is 53.2 Å². The van der Waals surface area contributed by atoms with Crippen LogP contribution in [0.5, 0.6) is 0 Å². The fourth-order valence-corrected chi connectivity index (χ4v) is 5.35. The number of nitrogens with one attached hydrogen (secondary N) is 2. The van der Waals surface area contributed by atoms with Crippen LogP contribution < -0.4 is 15.5 Å². The van der Waals surface area contributed by atoms with Crippen LogP contribution in [-0.2, 0) is 11.3 Å². The van der Waals surface area contributed by atoms with Gasteiger partial charge in [0.1, 0.15) is 0 Å². The standard InChI is InChI=1S/C24H26ClN5O3/c1-33-24(32)30-22-7-3-6-21(19(22)14-27-30)28-23(31)26-13-15-8-9-18(12-20(15)25)29-16-4-2-5-17(29)11-10-16/h3,6-9,12,14,16-17H,2,4-5,10-11,13H2,1H3,(H2,26,28,31). The van der Waals surface area contributed by atoms with Gasteiger partial charge in [-0.15, -0.1) is 0 Å². The zero-order valence-electron chi connectivity index (χ0n) is 18.4. The molecule has 8 nitrogen and oxygen atoms in total. The molecule has 0 aliphatic carbocycles. The van der Waals surface area contributed by atoms with Gasteiger partial charge in [0.25, 0.3) is 0 Å². The van der Waals surface area contributed by atoms with Crippen LogP contribution in [0.25, 0.3) is 10.9 Å². The smallest absolute Gasteiger partial charge is 0.434 e. The Morgan fingerprint density at radius 1 is 1.15 bits per heavy atom. The van der Waals surface area contributed by atoms with Crippen LogP contribution in [0.2, 0.25) is 5.02 Å². The Hall–Kier alpha value is -3.26. The Balaban J connectivity index is 1.24. The molecule has 1 aromatic heterocycles. The SMILES string of the molecule is COC(=O)n1ncc2c(NC(=O)NCc3ccc(N4C5CCCC4CC5)cc3Cl)cccc21. The summed E-state index contributed by atoms with van der Waals surface area (Å²) in [5.41, 5.74) is 3.12. The summed E-state index contributed by atoms with van der Waals surface area (Å²) in [5.74, 6) is 0. The van der Waals surface area contributed by atoms with Gasteiger partial charge in [0, 0.05) is 34.7 Å². The molecule has 2 bridgehead atoms. The van der Waals surface area contributed by atoms with E-state index in [1.165, 1.54) is 51.1 Å². The van der Waals surface area contributed by atoms with Crippen LogP contribution in [0.4, 0.5) is 21.0 Å². The maximum absolute atomic E-state index is 12.6. The van der Waals surface area contributed by atoms with Gasteiger partial charge >= 0.3 is 12.1 Å². The number of benzene rings is 2. The highest BCUT2D eigenvalue weighted by molar-refractivity contribution is 6.31. The fourth-order valence-electron chi connectivity index (χ4n) is 5.11. The van der Waals surface area contributed by atoms with Crippen molar-refractivity contribution in [3.8, 4) is 0 Å². The van der Waals surface area contributed by atoms with Crippen molar-refractivity contribution >= 4 is 46.0 Å². The van der Waals surface area contributed by atoms with Gasteiger partial charge < -0.3 is 20.3 Å². The van der Waals surface area contributed by atoms with E-state index < -0.39 is 6.09 Å². The minimum absolute atomic E-state index is 0.301. The molecule has 5 rings (SSSR count). The summed E-state index contributed by atoms with van der Waals surface area (Å²) in [6.07, 6.45) is 7.26. The number of piperidine rings is 1. The zero-order chi connectivity index (χ0) is 22.9. The fraction of sp³-hybridized carbons (Fsp3) is 0.375. The Morgan fingerprint density at radius 2 is 1.94 bits per heavy atom. The van der Waals surface area contributed by atoms with Gasteiger partial charge in [-0.3, -0.25) is 0 Å². The van der Waals surface area contributed by atoms with Crippen molar-refractivity contribution < 1.29 is 14.3 Å². The molecule has 2 fully saturated rings. The summed E-state index contributed by atoms with van der Waals surface area (Å²) in [7, 11) is 1.29. The van der Waals surface area contributed by atoms with E-state index in [9.17, 15) is 9.59 Å². The van der Waals surface area contributed by atoms with Crippen LogP contribution >= 0.6 is 11.6 Å². The van der Waals surface area contributed by atoms with Crippen molar-refractivity contribution in [2.45, 2.75) is 50.7 Å². The van der Waals surface area contributed by atoms with Gasteiger partial charge in [0.05, 0.1) is 24.5 Å². The third-order valence-electron chi connectivity index (χ3n) is 6.68. The van der Waals surface area contributed by atoms with Gasteiger partial charge in [-0.25, -0.2) is 9.59 Å². The maximum Gasteiger partial charge on any atom is 0.434 e. The summed E-state index contributed by atoms with van der Waals surface area (Å²) < 4.78 is 5.88. The number of amides is 2. The second-order valence-electron chi connectivity index (χ2n) is 8.57. The second-order valence-corrected chi connectivity index (χ2v) is 8.98. The van der Waals surface area contributed by atoms with Crippen molar-refractivity contribution in [2.75, 3.05) is 17.3 Å². The monoisotopic (exact) mass is 467 g/mol. The molecular formula is C24H26ClN5O3. The molecule has 2 amide bonds. The number of anilines is 2. The van der Waals surface area contributed by atoms with Crippen molar-refractivity contribution in [2.24, 2.45) is 0 Å². The van der Waals surface area contributed by atoms with Crippen LogP contribution in [0.15, 0.2) is 42.6 Å². The maximum atomic E-state index is 12.6. The first kappa shape index (κ1) is 21.6. The number of halogens is 1. The number of fused-ring (bicyclic) bond motifs is 3. The highest BCUT2D eigenvalue weighted by atomic mass is 35.5. The predicted octanol–water partition coefficient (Wildman–Crippen LogP) is 5.15. The zero-order valence-corrected chi connectivity index (χ0v) is 19.1. The molecule has 2 N–H and O–H groups in total. The summed E-state index contributed by atoms with van der Waals surface area (Å²) in [4.78, 5) is 26.9. The number of nitrogens with zero attached hydrogens (tertiary/aromatic N) is 3. The molecule has 3 heterocycles. The third-order valence-corrected chi connectivity index (χ3v) is 7.03. The number of aromatic nitrogens is 2. The topological polar surface area (TPSA) is 88.5 Å². The van der Waals surface area contributed by atoms with Gasteiger partial charge in [-0.1, -0.05) is 23.7 Å². The summed E-state index contributed by atoms with van der Waals surface area (Å²) in [5, 5.41) is 11.0. The van der Waals surface area contributed by atoms with Crippen molar-refractivity contribution in [1.82, 2.24) is 15.1 Å². The normalized spacial score (nSPS) is 19.5. The average Bonchev–Trinajstić information content (AvgIpc) is 3.36. The van der Waals surface area contributed by atoms with Crippen molar-refractivity contribution in [1.29, 1.82) is 0 Å². The van der Waals surface area contributed by atoms with Gasteiger partial charge in [-0.2, -0.15) is 9.78 Å². The summed E-state index contributed by atoms with van der Waals surface area (Å²) in [6.45, 7) is 0.301. The van der Waals surface area contributed by atoms with Crippen LogP contribution in [-0.4, -0.2) is 41.1 Å². The summed E-state index contributed by atoms with van der Waals surface area (Å²) >= 11 is 6.58. The molecule has 0 radical (unpaired) electrons. The molecule has 9 heteroatoms. The van der Waals surface area contributed by atoms with E-state index in [1.54, 1.807) is 18.2 Å². The molecule has 2 aromatic carbocycles. The van der Waals surface area contributed by atoms with E-state index in [-0.39, 0.29) is 6.03 Å². The minimum Gasteiger partial charge on any atom is -0.451 e. The Morgan fingerprint density at radius 3 is 2.67 bits per heavy atom. The highest BCUT2D eigenvalue weighted by Crippen LogP contribution is 2.40. The van der Waals surface area contributed by atoms with Gasteiger partial charge in [-0.05, 0) is 61.9 Å². The number of urea groups is 1. The Labute approximate surface area is 196 Å². The first-order valence-electron chi connectivity index (χ1n) is 11.2. The second kappa shape index (κ2) is 8.94. The predicted molar refractivity (Wildman–Crippen MR) is 128 cm³/mol. The third kappa shape index (κ3) is 4.11. The van der Waals surface area contributed by atoms with E-state index in [1.807, 2.05) is 12.1 Å². The van der Waals surface area contributed by atoms with E-state index >= 15 is 0 Å². The lowest BCUT2D eigenvalue weighted by molar-refractivity contribution is 0.170. The first-order chi connectivity index (χ1) is 16.0. The molecule has 33 heavy (non-hydrogen) atoms. The quantitative estimate of drug-likeness (QED) is 0.554. The highest BCUT2D eigenvalue weighted by Gasteiger charge is 2.36. The average molecular weight is 468 g/mol. The van der Waals surface area contributed by atoms with Gasteiger partial charge in [0.15, 0.2) is 0 Å². The van der Waals surface area contributed by atoms with Gasteiger partial charge in [0.2, 0.25) is 0 Å². The van der Waals surface area contributed by atoms with E-state index in [0.717, 1.165) is 10.2 Å². The first-order valence-corrected chi connectivity index (χ1v) is 11.6. The van der Waals surface area contributed by atoms with E-state index in [4.69, 9.17) is 16.3 Å². The van der Waals surface area contributed by atoms with Crippen LogP contribution in [0.3, 0.4) is 0 Å². The molecule has 3 aromatic rings. The van der Waals surface area contributed by atoms with E-state index in [0.29, 0.717) is 40.2 Å². The number of hydrogen-bond donors (Lipinski definition) is 2. The molecule has 2 aliphatic rings. The lowest BCUT2D eigenvalue weighted by atomic mass is 10.0. The molecule has 2 aliphatic heterocycles. The summed E-state index contributed by atoms with van der Waals surface area (Å²) in [6, 6.07) is 12.2. The lowest BCUT2D eigenvalue weighted by Crippen LogP contribution is -2.39. The molecule has 2 atom stereocenters. The number of carbonyl (C=O) groups excluding carboxylic acids is 2. The van der Waals surface area contributed by atoms with Crippen molar-refractivity contribution in [3.63, 3.8) is 0 Å². The largest absolute Gasteiger partial charge is 0.451 e. The number of rotatable bonds is 4. The van der Waals surface area contributed by atoms with Crippen LogP contribution in [0, 0.1) is 0 Å². The molecule has 172 valence electrons.